The van der Waals surface area contributed by atoms with Crippen LogP contribution < -0.4 is 9.47 Å². The van der Waals surface area contributed by atoms with Crippen LogP contribution in [0.4, 0.5) is 0 Å². The van der Waals surface area contributed by atoms with Gasteiger partial charge in [-0.05, 0) is 39.8 Å². The molecule has 5 heteroatoms. The first-order chi connectivity index (χ1) is 11.5. The first-order valence-corrected chi connectivity index (χ1v) is 8.88. The maximum Gasteiger partial charge on any atom is 0.123 e. The van der Waals surface area contributed by atoms with Crippen LogP contribution in [0.1, 0.15) is 27.7 Å². The molecule has 2 unspecified atom stereocenters. The fourth-order valence-electron chi connectivity index (χ4n) is 2.89. The van der Waals surface area contributed by atoms with E-state index in [2.05, 4.69) is 18.7 Å². The van der Waals surface area contributed by atoms with Crippen molar-refractivity contribution in [1.82, 2.24) is 4.90 Å². The Morgan fingerprint density at radius 3 is 2.50 bits per heavy atom. The van der Waals surface area contributed by atoms with Crippen LogP contribution in [-0.4, -0.2) is 62.7 Å². The van der Waals surface area contributed by atoms with Crippen LogP contribution in [0.2, 0.25) is 0 Å². The highest BCUT2D eigenvalue weighted by molar-refractivity contribution is 5.33. The SMILES string of the molecule is CC(C)Oc1cccc(OCCOCCN2CC(C)OC(C)C2)c1. The lowest BCUT2D eigenvalue weighted by Crippen LogP contribution is -2.46. The quantitative estimate of drug-likeness (QED) is 0.648. The summed E-state index contributed by atoms with van der Waals surface area (Å²) in [5.74, 6) is 1.64. The second-order valence-corrected chi connectivity index (χ2v) is 6.62. The smallest absolute Gasteiger partial charge is 0.123 e. The van der Waals surface area contributed by atoms with Gasteiger partial charge < -0.3 is 18.9 Å². The molecular weight excluding hydrogens is 306 g/mol. The summed E-state index contributed by atoms with van der Waals surface area (Å²) in [4.78, 5) is 2.40. The summed E-state index contributed by atoms with van der Waals surface area (Å²) in [6.45, 7) is 13.0. The van der Waals surface area contributed by atoms with Crippen LogP contribution in [0, 0.1) is 0 Å². The van der Waals surface area contributed by atoms with Crippen molar-refractivity contribution in [2.24, 2.45) is 0 Å². The molecule has 1 saturated heterocycles. The molecular formula is C19H31NO4. The number of morpholine rings is 1. The molecule has 0 saturated carbocycles. The molecule has 0 bridgehead atoms. The predicted molar refractivity (Wildman–Crippen MR) is 95.0 cm³/mol. The van der Waals surface area contributed by atoms with Gasteiger partial charge in [-0.25, -0.2) is 0 Å². The van der Waals surface area contributed by atoms with Crippen molar-refractivity contribution in [3.05, 3.63) is 24.3 Å². The van der Waals surface area contributed by atoms with Crippen molar-refractivity contribution >= 4 is 0 Å². The topological polar surface area (TPSA) is 40.2 Å². The fraction of sp³-hybridized carbons (Fsp3) is 0.684. The Labute approximate surface area is 145 Å². The van der Waals surface area contributed by atoms with Crippen molar-refractivity contribution < 1.29 is 18.9 Å². The summed E-state index contributed by atoms with van der Waals surface area (Å²) in [5, 5.41) is 0. The molecule has 2 rings (SSSR count). The molecule has 1 fully saturated rings. The van der Waals surface area contributed by atoms with Crippen molar-refractivity contribution in [3.8, 4) is 11.5 Å². The van der Waals surface area contributed by atoms with E-state index in [1.165, 1.54) is 0 Å². The predicted octanol–water partition coefficient (Wildman–Crippen LogP) is 2.98. The van der Waals surface area contributed by atoms with Gasteiger partial charge in [-0.3, -0.25) is 4.90 Å². The number of nitrogens with zero attached hydrogens (tertiary/aromatic N) is 1. The molecule has 1 aromatic carbocycles. The monoisotopic (exact) mass is 337 g/mol. The lowest BCUT2D eigenvalue weighted by molar-refractivity contribution is -0.0734. The van der Waals surface area contributed by atoms with Crippen LogP contribution >= 0.6 is 0 Å². The molecule has 1 aliphatic heterocycles. The Hall–Kier alpha value is -1.30. The highest BCUT2D eigenvalue weighted by Gasteiger charge is 2.21. The van der Waals surface area contributed by atoms with Crippen molar-refractivity contribution in [3.63, 3.8) is 0 Å². The minimum atomic E-state index is 0.161. The zero-order valence-corrected chi connectivity index (χ0v) is 15.4. The summed E-state index contributed by atoms with van der Waals surface area (Å²) >= 11 is 0. The highest BCUT2D eigenvalue weighted by Crippen LogP contribution is 2.20. The van der Waals surface area contributed by atoms with Gasteiger partial charge in [0.15, 0.2) is 0 Å². The van der Waals surface area contributed by atoms with E-state index in [9.17, 15) is 0 Å². The number of rotatable bonds is 9. The number of benzene rings is 1. The molecule has 24 heavy (non-hydrogen) atoms. The largest absolute Gasteiger partial charge is 0.491 e. The summed E-state index contributed by atoms with van der Waals surface area (Å²) in [7, 11) is 0. The number of ether oxygens (including phenoxy) is 4. The normalized spacial score (nSPS) is 21.9. The third-order valence-corrected chi connectivity index (χ3v) is 3.72. The van der Waals surface area contributed by atoms with Crippen LogP contribution in [0.3, 0.4) is 0 Å². The van der Waals surface area contributed by atoms with Gasteiger partial charge in [-0.1, -0.05) is 6.07 Å². The van der Waals surface area contributed by atoms with Gasteiger partial charge in [0.2, 0.25) is 0 Å². The average Bonchev–Trinajstić information content (AvgIpc) is 2.49. The molecule has 1 aliphatic rings. The number of hydrogen-bond acceptors (Lipinski definition) is 5. The summed E-state index contributed by atoms with van der Waals surface area (Å²) in [6.07, 6.45) is 0.768. The Morgan fingerprint density at radius 1 is 1.08 bits per heavy atom. The maximum atomic E-state index is 5.73. The Kier molecular flexibility index (Phi) is 7.82. The van der Waals surface area contributed by atoms with Crippen molar-refractivity contribution in [2.75, 3.05) is 39.5 Å². The molecule has 0 aromatic heterocycles. The van der Waals surface area contributed by atoms with E-state index in [0.717, 1.165) is 37.7 Å². The Balaban J connectivity index is 1.58. The van der Waals surface area contributed by atoms with Crippen LogP contribution in [-0.2, 0) is 9.47 Å². The molecule has 0 spiro atoms. The van der Waals surface area contributed by atoms with E-state index in [1.54, 1.807) is 0 Å². The third kappa shape index (κ3) is 7.07. The van der Waals surface area contributed by atoms with E-state index >= 15 is 0 Å². The van der Waals surface area contributed by atoms with E-state index in [1.807, 2.05) is 38.1 Å². The molecule has 5 nitrogen and oxygen atoms in total. The van der Waals surface area contributed by atoms with Gasteiger partial charge in [-0.2, -0.15) is 0 Å². The second-order valence-electron chi connectivity index (χ2n) is 6.62. The van der Waals surface area contributed by atoms with Crippen molar-refractivity contribution in [1.29, 1.82) is 0 Å². The second kappa shape index (κ2) is 9.87. The summed E-state index contributed by atoms with van der Waals surface area (Å²) in [6, 6.07) is 7.72. The summed E-state index contributed by atoms with van der Waals surface area (Å²) < 4.78 is 22.8. The molecule has 1 aromatic rings. The van der Waals surface area contributed by atoms with Gasteiger partial charge in [0.05, 0.1) is 31.5 Å². The minimum Gasteiger partial charge on any atom is -0.491 e. The van der Waals surface area contributed by atoms with Gasteiger partial charge >= 0.3 is 0 Å². The third-order valence-electron chi connectivity index (χ3n) is 3.72. The molecule has 2 atom stereocenters. The van der Waals surface area contributed by atoms with E-state index < -0.39 is 0 Å². The van der Waals surface area contributed by atoms with Gasteiger partial charge in [-0.15, -0.1) is 0 Å². The van der Waals surface area contributed by atoms with Crippen molar-refractivity contribution in [2.45, 2.75) is 46.0 Å². The van der Waals surface area contributed by atoms with E-state index in [0.29, 0.717) is 25.4 Å². The van der Waals surface area contributed by atoms with E-state index in [-0.39, 0.29) is 6.10 Å². The molecule has 1 heterocycles. The fourth-order valence-corrected chi connectivity index (χ4v) is 2.89. The molecule has 0 amide bonds. The first kappa shape index (κ1) is 19.0. The number of hydrogen-bond donors (Lipinski definition) is 0. The Morgan fingerprint density at radius 2 is 1.79 bits per heavy atom. The highest BCUT2D eigenvalue weighted by atomic mass is 16.5. The molecule has 0 aliphatic carbocycles. The maximum absolute atomic E-state index is 5.73. The zero-order chi connectivity index (χ0) is 17.4. The van der Waals surface area contributed by atoms with Crippen LogP contribution in [0.25, 0.3) is 0 Å². The summed E-state index contributed by atoms with van der Waals surface area (Å²) in [5.41, 5.74) is 0. The van der Waals surface area contributed by atoms with Gasteiger partial charge in [0.1, 0.15) is 18.1 Å². The average molecular weight is 337 g/mol. The zero-order valence-electron chi connectivity index (χ0n) is 15.4. The lowest BCUT2D eigenvalue weighted by Gasteiger charge is -2.35. The standard InChI is InChI=1S/C19H31NO4/c1-15(2)23-19-7-5-6-18(12-19)22-11-10-21-9-8-20-13-16(3)24-17(4)14-20/h5-7,12,15-17H,8-11,13-14H2,1-4H3. The minimum absolute atomic E-state index is 0.161. The Bertz CT molecular complexity index is 470. The van der Waals surface area contributed by atoms with Gasteiger partial charge in [0.25, 0.3) is 0 Å². The van der Waals surface area contributed by atoms with Crippen LogP contribution in [0.15, 0.2) is 24.3 Å². The molecule has 0 N–H and O–H groups in total. The first-order valence-electron chi connectivity index (χ1n) is 8.88. The lowest BCUT2D eigenvalue weighted by atomic mass is 10.2. The molecule has 0 radical (unpaired) electrons. The van der Waals surface area contributed by atoms with E-state index in [4.69, 9.17) is 18.9 Å². The van der Waals surface area contributed by atoms with Gasteiger partial charge in [0, 0.05) is 25.7 Å². The molecule has 136 valence electrons. The van der Waals surface area contributed by atoms with Crippen LogP contribution in [0.5, 0.6) is 11.5 Å².